The minimum Gasteiger partial charge on any atom is -0.463 e. The van der Waals surface area contributed by atoms with Gasteiger partial charge in [0, 0.05) is 27.7 Å². The monoisotopic (exact) mass is 604 g/mol. The quantitative estimate of drug-likeness (QED) is 0.268. The van der Waals surface area contributed by atoms with Crippen LogP contribution in [0.15, 0.2) is 0 Å². The molecule has 1 saturated heterocycles. The summed E-state index contributed by atoms with van der Waals surface area (Å²) in [6.45, 7) is 15.4. The molecular formula is C27H44N2O13. The van der Waals surface area contributed by atoms with Crippen LogP contribution in [-0.4, -0.2) is 96.5 Å². The van der Waals surface area contributed by atoms with Crippen molar-refractivity contribution >= 4 is 35.9 Å². The second-order valence-electron chi connectivity index (χ2n) is 11.7. The summed E-state index contributed by atoms with van der Waals surface area (Å²) in [5.74, 6) is -3.68. The van der Waals surface area contributed by atoms with Crippen LogP contribution in [0.1, 0.15) is 76.2 Å². The molecule has 0 saturated carbocycles. The Morgan fingerprint density at radius 2 is 1.31 bits per heavy atom. The summed E-state index contributed by atoms with van der Waals surface area (Å²) < 4.78 is 38.7. The van der Waals surface area contributed by atoms with Gasteiger partial charge in [-0.2, -0.15) is 0 Å². The maximum atomic E-state index is 13.2. The molecule has 1 aliphatic rings. The SMILES string of the molecule is CC(=O)N[C@H]1[C@@H](O[C@@H](C)[C@H](NC(=O)OC(C)(C)C)C(=O)OC(C)(C)C)O[C@H](COC(C)=O)[C@H](OC(C)=O)[C@@H]1OC(C)=O. The van der Waals surface area contributed by atoms with Gasteiger partial charge in [0.05, 0.1) is 6.10 Å². The number of esters is 4. The van der Waals surface area contributed by atoms with Crippen molar-refractivity contribution < 1.29 is 61.9 Å². The number of alkyl carbamates (subject to hydrolysis) is 1. The average Bonchev–Trinajstić information content (AvgIpc) is 2.76. The Labute approximate surface area is 245 Å². The van der Waals surface area contributed by atoms with Crippen molar-refractivity contribution in [3.63, 3.8) is 0 Å². The predicted molar refractivity (Wildman–Crippen MR) is 144 cm³/mol. The first kappa shape index (κ1) is 36.6. The Hall–Kier alpha value is -3.46. The molecule has 1 aliphatic heterocycles. The van der Waals surface area contributed by atoms with Gasteiger partial charge in [-0.15, -0.1) is 0 Å². The topological polar surface area (TPSA) is 191 Å². The number of carbonyl (C=O) groups excluding carboxylic acids is 6. The molecule has 2 N–H and O–H groups in total. The fourth-order valence-electron chi connectivity index (χ4n) is 3.86. The minimum atomic E-state index is -1.48. The Morgan fingerprint density at radius 1 is 0.786 bits per heavy atom. The number of rotatable bonds is 10. The zero-order valence-corrected chi connectivity index (χ0v) is 26.1. The smallest absolute Gasteiger partial charge is 0.408 e. The van der Waals surface area contributed by atoms with Gasteiger partial charge in [0.15, 0.2) is 24.5 Å². The fourth-order valence-corrected chi connectivity index (χ4v) is 3.86. The molecule has 0 spiro atoms. The van der Waals surface area contributed by atoms with Crippen molar-refractivity contribution in [2.45, 2.75) is 130 Å². The average molecular weight is 605 g/mol. The molecule has 15 nitrogen and oxygen atoms in total. The molecule has 240 valence electrons. The lowest BCUT2D eigenvalue weighted by Crippen LogP contribution is -2.67. The van der Waals surface area contributed by atoms with Crippen LogP contribution in [0, 0.1) is 0 Å². The summed E-state index contributed by atoms with van der Waals surface area (Å²) in [4.78, 5) is 73.6. The van der Waals surface area contributed by atoms with Crippen LogP contribution in [0.4, 0.5) is 4.79 Å². The number of carbonyl (C=O) groups is 6. The van der Waals surface area contributed by atoms with Crippen LogP contribution in [-0.2, 0) is 57.1 Å². The van der Waals surface area contributed by atoms with E-state index in [1.807, 2.05) is 0 Å². The van der Waals surface area contributed by atoms with E-state index in [2.05, 4.69) is 10.6 Å². The third-order valence-corrected chi connectivity index (χ3v) is 5.22. The van der Waals surface area contributed by atoms with E-state index in [4.69, 9.17) is 33.2 Å². The maximum Gasteiger partial charge on any atom is 0.408 e. The number of hydrogen-bond acceptors (Lipinski definition) is 13. The van der Waals surface area contributed by atoms with Gasteiger partial charge < -0.3 is 43.8 Å². The third-order valence-electron chi connectivity index (χ3n) is 5.22. The predicted octanol–water partition coefficient (Wildman–Crippen LogP) is 1.28. The molecule has 0 aromatic heterocycles. The number of amides is 2. The van der Waals surface area contributed by atoms with Gasteiger partial charge in [0.1, 0.15) is 30.0 Å². The van der Waals surface area contributed by atoms with Gasteiger partial charge in [-0.05, 0) is 48.5 Å². The number of ether oxygens (including phenoxy) is 7. The molecule has 0 bridgehead atoms. The van der Waals surface area contributed by atoms with Crippen molar-refractivity contribution in [3.05, 3.63) is 0 Å². The zero-order valence-electron chi connectivity index (χ0n) is 26.1. The molecule has 0 aromatic carbocycles. The summed E-state index contributed by atoms with van der Waals surface area (Å²) >= 11 is 0. The van der Waals surface area contributed by atoms with E-state index in [9.17, 15) is 28.8 Å². The van der Waals surface area contributed by atoms with Crippen LogP contribution in [0.3, 0.4) is 0 Å². The van der Waals surface area contributed by atoms with E-state index in [-0.39, 0.29) is 0 Å². The van der Waals surface area contributed by atoms with Crippen LogP contribution < -0.4 is 10.6 Å². The van der Waals surface area contributed by atoms with E-state index in [0.29, 0.717) is 0 Å². The summed E-state index contributed by atoms with van der Waals surface area (Å²) in [5.41, 5.74) is -1.82. The van der Waals surface area contributed by atoms with Crippen LogP contribution in [0.25, 0.3) is 0 Å². The number of nitrogens with one attached hydrogen (secondary N) is 2. The van der Waals surface area contributed by atoms with Gasteiger partial charge in [-0.25, -0.2) is 9.59 Å². The Bertz CT molecular complexity index is 1000. The van der Waals surface area contributed by atoms with Crippen molar-refractivity contribution in [1.82, 2.24) is 10.6 Å². The first-order valence-electron chi connectivity index (χ1n) is 13.4. The van der Waals surface area contributed by atoms with Crippen molar-refractivity contribution in [1.29, 1.82) is 0 Å². The summed E-state index contributed by atoms with van der Waals surface area (Å²) in [5, 5.41) is 5.01. The van der Waals surface area contributed by atoms with Crippen molar-refractivity contribution in [2.75, 3.05) is 6.61 Å². The molecule has 2 amide bonds. The van der Waals surface area contributed by atoms with Gasteiger partial charge in [-0.1, -0.05) is 0 Å². The first-order chi connectivity index (χ1) is 19.1. The standard InChI is InChI=1S/C27H44N2O13/c1-13(19(23(34)41-26(6,7)8)29-25(35)42-27(9,10)11)37-24-20(28-14(2)30)22(39-17(5)33)21(38-16(4)32)18(40-24)12-36-15(3)31/h13,18-22,24H,12H2,1-11H3,(H,28,30)(H,29,35)/t13-,18+,19-,20+,21-,22+,24-/m0/s1. The van der Waals surface area contributed by atoms with Crippen LogP contribution in [0.2, 0.25) is 0 Å². The maximum absolute atomic E-state index is 13.2. The molecule has 42 heavy (non-hydrogen) atoms. The molecule has 0 unspecified atom stereocenters. The Morgan fingerprint density at radius 3 is 1.76 bits per heavy atom. The molecule has 7 atom stereocenters. The summed E-state index contributed by atoms with van der Waals surface area (Å²) in [6, 6.07) is -2.72. The first-order valence-corrected chi connectivity index (χ1v) is 13.4. The van der Waals surface area contributed by atoms with E-state index in [1.54, 1.807) is 41.5 Å². The second kappa shape index (κ2) is 15.1. The molecule has 1 heterocycles. The summed E-state index contributed by atoms with van der Waals surface area (Å²) in [6.07, 6.45) is -7.56. The highest BCUT2D eigenvalue weighted by Crippen LogP contribution is 2.29. The molecule has 0 aromatic rings. The lowest BCUT2D eigenvalue weighted by molar-refractivity contribution is -0.288. The fraction of sp³-hybridized carbons (Fsp3) is 0.778. The van der Waals surface area contributed by atoms with Crippen molar-refractivity contribution in [3.8, 4) is 0 Å². The van der Waals surface area contributed by atoms with Crippen molar-refractivity contribution in [2.24, 2.45) is 0 Å². The Kier molecular flexibility index (Phi) is 13.2. The van der Waals surface area contributed by atoms with Gasteiger partial charge in [0.2, 0.25) is 5.91 Å². The highest BCUT2D eigenvalue weighted by molar-refractivity contribution is 5.82. The third kappa shape index (κ3) is 13.0. The zero-order chi connectivity index (χ0) is 32.6. The lowest BCUT2D eigenvalue weighted by Gasteiger charge is -2.45. The molecule has 0 aliphatic carbocycles. The highest BCUT2D eigenvalue weighted by Gasteiger charge is 2.52. The summed E-state index contributed by atoms with van der Waals surface area (Å²) in [7, 11) is 0. The largest absolute Gasteiger partial charge is 0.463 e. The molecule has 1 fully saturated rings. The van der Waals surface area contributed by atoms with E-state index in [1.165, 1.54) is 13.8 Å². The minimum absolute atomic E-state index is 0.447. The normalized spacial score (nSPS) is 23.8. The highest BCUT2D eigenvalue weighted by atomic mass is 16.7. The number of hydrogen-bond donors (Lipinski definition) is 2. The van der Waals surface area contributed by atoms with Gasteiger partial charge in [-0.3, -0.25) is 19.2 Å². The Balaban J connectivity index is 3.52. The van der Waals surface area contributed by atoms with Gasteiger partial charge in [0.25, 0.3) is 0 Å². The van der Waals surface area contributed by atoms with E-state index < -0.39 is 96.5 Å². The molecule has 1 rings (SSSR count). The van der Waals surface area contributed by atoms with E-state index >= 15 is 0 Å². The molecule has 15 heteroatoms. The molecular weight excluding hydrogens is 560 g/mol. The molecule has 0 radical (unpaired) electrons. The van der Waals surface area contributed by atoms with Crippen LogP contribution >= 0.6 is 0 Å². The van der Waals surface area contributed by atoms with Crippen LogP contribution in [0.5, 0.6) is 0 Å². The second-order valence-corrected chi connectivity index (χ2v) is 11.7. The van der Waals surface area contributed by atoms with E-state index in [0.717, 1.165) is 20.8 Å². The van der Waals surface area contributed by atoms with Gasteiger partial charge >= 0.3 is 30.0 Å². The lowest BCUT2D eigenvalue weighted by atomic mass is 9.95.